The van der Waals surface area contributed by atoms with Gasteiger partial charge in [-0.1, -0.05) is 35.4 Å². The molecule has 0 fully saturated rings. The molecule has 0 aliphatic rings. The number of amides is 2. The third-order valence-corrected chi connectivity index (χ3v) is 6.33. The zero-order valence-corrected chi connectivity index (χ0v) is 19.0. The Morgan fingerprint density at radius 1 is 0.935 bits per heavy atom. The number of aryl methyl sites for hydroxylation is 2. The molecular formula is C23H21ClN2O4S. The monoisotopic (exact) mass is 456 g/mol. The first-order valence-corrected chi connectivity index (χ1v) is 10.6. The smallest absolute Gasteiger partial charge is 0.341 e. The number of hydrogen-bond donors (Lipinski definition) is 2. The Balaban J connectivity index is 1.92. The van der Waals surface area contributed by atoms with E-state index in [1.165, 1.54) is 7.11 Å². The highest BCUT2D eigenvalue weighted by molar-refractivity contribution is 7.19. The minimum atomic E-state index is -0.634. The number of hydrogen-bond acceptors (Lipinski definition) is 5. The van der Waals surface area contributed by atoms with Crippen molar-refractivity contribution in [1.29, 1.82) is 0 Å². The number of thiophene rings is 1. The van der Waals surface area contributed by atoms with Gasteiger partial charge in [0, 0.05) is 16.3 Å². The molecule has 160 valence electrons. The van der Waals surface area contributed by atoms with E-state index in [0.717, 1.165) is 22.5 Å². The zero-order chi connectivity index (χ0) is 22.7. The van der Waals surface area contributed by atoms with Gasteiger partial charge in [0.2, 0.25) is 0 Å². The lowest BCUT2D eigenvalue weighted by Crippen LogP contribution is -2.14. The molecule has 2 N–H and O–H groups in total. The number of esters is 1. The van der Waals surface area contributed by atoms with Crippen LogP contribution in [0.1, 0.15) is 47.1 Å². The van der Waals surface area contributed by atoms with Gasteiger partial charge in [-0.15, -0.1) is 11.3 Å². The minimum Gasteiger partial charge on any atom is -0.465 e. The van der Waals surface area contributed by atoms with Gasteiger partial charge in [0.15, 0.2) is 0 Å². The molecular weight excluding hydrogens is 436 g/mol. The van der Waals surface area contributed by atoms with E-state index in [4.69, 9.17) is 16.3 Å². The Kier molecular flexibility index (Phi) is 6.77. The predicted molar refractivity (Wildman–Crippen MR) is 124 cm³/mol. The van der Waals surface area contributed by atoms with Crippen LogP contribution in [0.2, 0.25) is 5.02 Å². The van der Waals surface area contributed by atoms with Crippen molar-refractivity contribution in [3.8, 4) is 0 Å². The largest absolute Gasteiger partial charge is 0.465 e. The number of ether oxygens (including phenoxy) is 1. The first kappa shape index (κ1) is 22.5. The van der Waals surface area contributed by atoms with Gasteiger partial charge in [-0.3, -0.25) is 9.59 Å². The number of benzene rings is 2. The maximum Gasteiger partial charge on any atom is 0.341 e. The highest BCUT2D eigenvalue weighted by Crippen LogP contribution is 2.35. The lowest BCUT2D eigenvalue weighted by atomic mass is 10.1. The lowest BCUT2D eigenvalue weighted by molar-refractivity contribution is 0.0601. The summed E-state index contributed by atoms with van der Waals surface area (Å²) in [4.78, 5) is 38.2. The Bertz CT molecular complexity index is 1170. The Labute approximate surface area is 189 Å². The van der Waals surface area contributed by atoms with Crippen molar-refractivity contribution in [3.63, 3.8) is 0 Å². The molecule has 0 atom stereocenters. The molecule has 0 aliphatic carbocycles. The van der Waals surface area contributed by atoms with Crippen LogP contribution in [0.3, 0.4) is 0 Å². The van der Waals surface area contributed by atoms with Crippen LogP contribution in [0.5, 0.6) is 0 Å². The van der Waals surface area contributed by atoms with Crippen LogP contribution in [0.25, 0.3) is 0 Å². The first-order valence-electron chi connectivity index (χ1n) is 9.38. The van der Waals surface area contributed by atoms with E-state index >= 15 is 0 Å². The third kappa shape index (κ3) is 4.95. The average molecular weight is 457 g/mol. The molecule has 0 saturated heterocycles. The number of carbonyl (C=O) groups is 3. The van der Waals surface area contributed by atoms with Gasteiger partial charge in [0.05, 0.1) is 17.6 Å². The van der Waals surface area contributed by atoms with Crippen molar-refractivity contribution in [2.45, 2.75) is 20.8 Å². The number of rotatable bonds is 5. The lowest BCUT2D eigenvalue weighted by Gasteiger charge is -2.07. The van der Waals surface area contributed by atoms with E-state index < -0.39 is 11.9 Å². The molecule has 6 nitrogen and oxygen atoms in total. The van der Waals surface area contributed by atoms with Crippen LogP contribution in [0.4, 0.5) is 10.7 Å². The Hall–Kier alpha value is -3.16. The number of methoxy groups -OCH3 is 1. The second-order valence-corrected chi connectivity index (χ2v) is 8.42. The van der Waals surface area contributed by atoms with Gasteiger partial charge < -0.3 is 15.4 Å². The number of anilines is 2. The van der Waals surface area contributed by atoms with E-state index in [9.17, 15) is 14.4 Å². The summed E-state index contributed by atoms with van der Waals surface area (Å²) < 4.78 is 4.87. The second kappa shape index (κ2) is 9.32. The van der Waals surface area contributed by atoms with Crippen molar-refractivity contribution in [2.24, 2.45) is 0 Å². The number of halogens is 1. The summed E-state index contributed by atoms with van der Waals surface area (Å²) in [6.45, 7) is 5.43. The average Bonchev–Trinajstić information content (AvgIpc) is 3.06. The summed E-state index contributed by atoms with van der Waals surface area (Å²) in [5, 5.41) is 6.30. The molecule has 0 spiro atoms. The quantitative estimate of drug-likeness (QED) is 0.488. The summed E-state index contributed by atoms with van der Waals surface area (Å²) in [6.07, 6.45) is 0. The Morgan fingerprint density at radius 3 is 2.23 bits per heavy atom. The normalized spacial score (nSPS) is 10.5. The minimum absolute atomic E-state index is 0.153. The van der Waals surface area contributed by atoms with Crippen LogP contribution < -0.4 is 10.6 Å². The molecule has 0 radical (unpaired) electrons. The topological polar surface area (TPSA) is 84.5 Å². The van der Waals surface area contributed by atoms with Gasteiger partial charge in [-0.25, -0.2) is 4.79 Å². The van der Waals surface area contributed by atoms with E-state index in [2.05, 4.69) is 10.6 Å². The summed E-state index contributed by atoms with van der Waals surface area (Å²) in [5.41, 5.74) is 3.45. The van der Waals surface area contributed by atoms with Gasteiger partial charge in [0.1, 0.15) is 5.00 Å². The second-order valence-electron chi connectivity index (χ2n) is 6.99. The van der Waals surface area contributed by atoms with Crippen LogP contribution in [-0.2, 0) is 4.74 Å². The summed E-state index contributed by atoms with van der Waals surface area (Å²) in [6, 6.07) is 12.2. The molecule has 0 bridgehead atoms. The van der Waals surface area contributed by atoms with Crippen LogP contribution in [-0.4, -0.2) is 24.9 Å². The van der Waals surface area contributed by atoms with Crippen LogP contribution in [0, 0.1) is 20.8 Å². The molecule has 3 aromatic rings. The highest BCUT2D eigenvalue weighted by Gasteiger charge is 2.26. The maximum atomic E-state index is 12.9. The first-order chi connectivity index (χ1) is 14.7. The van der Waals surface area contributed by atoms with Crippen molar-refractivity contribution in [2.75, 3.05) is 17.7 Å². The van der Waals surface area contributed by atoms with E-state index in [-0.39, 0.29) is 21.3 Å². The molecule has 1 heterocycles. The van der Waals surface area contributed by atoms with Crippen molar-refractivity contribution in [1.82, 2.24) is 0 Å². The van der Waals surface area contributed by atoms with E-state index in [0.29, 0.717) is 21.8 Å². The molecule has 8 heteroatoms. The van der Waals surface area contributed by atoms with Gasteiger partial charge in [-0.05, 0) is 56.2 Å². The van der Waals surface area contributed by atoms with E-state index in [1.54, 1.807) is 37.3 Å². The third-order valence-electron chi connectivity index (χ3n) is 4.71. The number of nitrogens with one attached hydrogen (secondary N) is 2. The summed E-state index contributed by atoms with van der Waals surface area (Å²) >= 11 is 7.14. The summed E-state index contributed by atoms with van der Waals surface area (Å²) in [5.74, 6) is -1.43. The van der Waals surface area contributed by atoms with Gasteiger partial charge in [-0.2, -0.15) is 0 Å². The Morgan fingerprint density at radius 2 is 1.61 bits per heavy atom. The molecule has 2 amide bonds. The molecule has 3 rings (SSSR count). The standard InChI is InChI=1S/C23H21ClN2O4S/c1-12-5-8-15(9-6-12)20(27)26-22-18(23(29)30-4)14(3)19(31-22)21(28)25-16-10-7-13(2)17(24)11-16/h5-11H,1-4H3,(H,25,28)(H,26,27). The van der Waals surface area contributed by atoms with Crippen molar-refractivity contribution < 1.29 is 19.1 Å². The fraction of sp³-hybridized carbons (Fsp3) is 0.174. The zero-order valence-electron chi connectivity index (χ0n) is 17.5. The summed E-state index contributed by atoms with van der Waals surface area (Å²) in [7, 11) is 1.25. The van der Waals surface area contributed by atoms with Crippen LogP contribution in [0.15, 0.2) is 42.5 Å². The predicted octanol–water partition coefficient (Wildman–Crippen LogP) is 5.62. The molecule has 0 aliphatic heterocycles. The van der Waals surface area contributed by atoms with E-state index in [1.807, 2.05) is 26.0 Å². The maximum absolute atomic E-state index is 12.9. The fourth-order valence-electron chi connectivity index (χ4n) is 2.90. The van der Waals surface area contributed by atoms with Crippen molar-refractivity contribution in [3.05, 3.63) is 80.2 Å². The SMILES string of the molecule is COC(=O)c1c(NC(=O)c2ccc(C)cc2)sc(C(=O)Nc2ccc(C)c(Cl)c2)c1C. The molecule has 31 heavy (non-hydrogen) atoms. The molecule has 1 aromatic heterocycles. The van der Waals surface area contributed by atoms with Gasteiger partial charge in [0.25, 0.3) is 11.8 Å². The van der Waals surface area contributed by atoms with Crippen LogP contribution >= 0.6 is 22.9 Å². The molecule has 0 saturated carbocycles. The molecule has 0 unspecified atom stereocenters. The van der Waals surface area contributed by atoms with Gasteiger partial charge >= 0.3 is 5.97 Å². The highest BCUT2D eigenvalue weighted by atomic mass is 35.5. The fourth-order valence-corrected chi connectivity index (χ4v) is 4.17. The molecule has 2 aromatic carbocycles. The van der Waals surface area contributed by atoms with Crippen molar-refractivity contribution >= 4 is 51.4 Å². The number of carbonyl (C=O) groups excluding carboxylic acids is 3.